The molecule has 0 aliphatic carbocycles. The molecule has 0 bridgehead atoms. The second kappa shape index (κ2) is 6.88. The Bertz CT molecular complexity index is 903. The Morgan fingerprint density at radius 1 is 1.11 bits per heavy atom. The maximum absolute atomic E-state index is 13.6. The molecule has 1 heterocycles. The number of halogens is 1. The zero-order valence-corrected chi connectivity index (χ0v) is 15.0. The van der Waals surface area contributed by atoms with Gasteiger partial charge in [0.15, 0.2) is 22.9 Å². The van der Waals surface area contributed by atoms with Crippen LogP contribution in [0.15, 0.2) is 30.3 Å². The van der Waals surface area contributed by atoms with Crippen LogP contribution in [0.25, 0.3) is 0 Å². The first-order valence-electron chi connectivity index (χ1n) is 8.01. The van der Waals surface area contributed by atoms with Crippen molar-refractivity contribution in [1.29, 1.82) is 0 Å². The lowest BCUT2D eigenvalue weighted by Gasteiger charge is -2.20. The minimum atomic E-state index is -2.17. The number of ketones is 1. The van der Waals surface area contributed by atoms with Crippen molar-refractivity contribution in [1.82, 2.24) is 0 Å². The third-order valence-corrected chi connectivity index (χ3v) is 4.45. The smallest absolute Gasteiger partial charge is 0.261 e. The van der Waals surface area contributed by atoms with E-state index in [9.17, 15) is 19.1 Å². The molecule has 1 aliphatic heterocycles. The standard InChI is InChI=1S/C19H18FNO6/c1-25-15-6-10(7-16(26-2)17(15)27-3)14(22)9-19(24)12-8-11(20)4-5-13(12)21-18(19)23/h4-8,24H,9H2,1-3H3,(H,21,23)/t19-/m1/s1. The first-order chi connectivity index (χ1) is 12.8. The van der Waals surface area contributed by atoms with E-state index in [2.05, 4.69) is 5.32 Å². The van der Waals surface area contributed by atoms with Crippen molar-refractivity contribution in [3.8, 4) is 17.2 Å². The second-order valence-electron chi connectivity index (χ2n) is 6.02. The zero-order valence-electron chi connectivity index (χ0n) is 15.0. The molecule has 1 amide bonds. The predicted octanol–water partition coefficient (Wildman–Crippen LogP) is 2.26. The number of carbonyl (C=O) groups excluding carboxylic acids is 2. The molecule has 1 atom stereocenters. The van der Waals surface area contributed by atoms with Crippen LogP contribution >= 0.6 is 0 Å². The van der Waals surface area contributed by atoms with Crippen molar-refractivity contribution in [2.45, 2.75) is 12.0 Å². The van der Waals surface area contributed by atoms with E-state index in [4.69, 9.17) is 14.2 Å². The number of amides is 1. The van der Waals surface area contributed by atoms with Gasteiger partial charge < -0.3 is 24.6 Å². The summed E-state index contributed by atoms with van der Waals surface area (Å²) in [6.07, 6.45) is -0.575. The van der Waals surface area contributed by atoms with E-state index in [1.54, 1.807) is 0 Å². The minimum Gasteiger partial charge on any atom is -0.493 e. The molecular weight excluding hydrogens is 357 g/mol. The lowest BCUT2D eigenvalue weighted by molar-refractivity contribution is -0.133. The van der Waals surface area contributed by atoms with Gasteiger partial charge in [0.1, 0.15) is 5.82 Å². The van der Waals surface area contributed by atoms with E-state index < -0.39 is 29.5 Å². The third kappa shape index (κ3) is 3.08. The number of benzene rings is 2. The average Bonchev–Trinajstić information content (AvgIpc) is 2.90. The molecule has 3 rings (SSSR count). The van der Waals surface area contributed by atoms with Crippen LogP contribution in [0.3, 0.4) is 0 Å². The molecule has 1 aliphatic rings. The van der Waals surface area contributed by atoms with Gasteiger partial charge in [0.2, 0.25) is 5.75 Å². The highest BCUT2D eigenvalue weighted by molar-refractivity contribution is 6.09. The molecule has 0 aromatic heterocycles. The maximum Gasteiger partial charge on any atom is 0.261 e. The number of nitrogens with one attached hydrogen (secondary N) is 1. The first-order valence-corrected chi connectivity index (χ1v) is 8.01. The summed E-state index contributed by atoms with van der Waals surface area (Å²) < 4.78 is 29.2. The molecule has 27 heavy (non-hydrogen) atoms. The number of methoxy groups -OCH3 is 3. The van der Waals surface area contributed by atoms with Crippen molar-refractivity contribution in [3.05, 3.63) is 47.3 Å². The largest absolute Gasteiger partial charge is 0.493 e. The summed E-state index contributed by atoms with van der Waals surface area (Å²) in [7, 11) is 4.24. The third-order valence-electron chi connectivity index (χ3n) is 4.45. The fourth-order valence-electron chi connectivity index (χ4n) is 3.07. The average molecular weight is 375 g/mol. The molecule has 2 N–H and O–H groups in total. The van der Waals surface area contributed by atoms with Crippen LogP contribution in [-0.4, -0.2) is 38.1 Å². The van der Waals surface area contributed by atoms with Gasteiger partial charge in [-0.05, 0) is 30.3 Å². The van der Waals surface area contributed by atoms with Crippen molar-refractivity contribution in [2.24, 2.45) is 0 Å². The highest BCUT2D eigenvalue weighted by Gasteiger charge is 2.47. The van der Waals surface area contributed by atoms with Gasteiger partial charge >= 0.3 is 0 Å². The molecule has 2 aromatic carbocycles. The maximum atomic E-state index is 13.6. The number of carbonyl (C=O) groups is 2. The molecule has 0 unspecified atom stereocenters. The molecule has 8 heteroatoms. The quantitative estimate of drug-likeness (QED) is 0.753. The number of aliphatic hydroxyl groups is 1. The van der Waals surface area contributed by atoms with Crippen LogP contribution in [0.5, 0.6) is 17.2 Å². The SMILES string of the molecule is COc1cc(C(=O)C[C@]2(O)C(=O)Nc3ccc(F)cc32)cc(OC)c1OC. The van der Waals surface area contributed by atoms with Gasteiger partial charge in [0.05, 0.1) is 27.8 Å². The topological polar surface area (TPSA) is 94.1 Å². The summed E-state index contributed by atoms with van der Waals surface area (Å²) >= 11 is 0. The van der Waals surface area contributed by atoms with Crippen LogP contribution in [-0.2, 0) is 10.4 Å². The molecule has 0 fully saturated rings. The van der Waals surface area contributed by atoms with Crippen molar-refractivity contribution in [3.63, 3.8) is 0 Å². The summed E-state index contributed by atoms with van der Waals surface area (Å²) in [6, 6.07) is 6.38. The molecule has 0 saturated heterocycles. The van der Waals surface area contributed by atoms with Crippen LogP contribution in [0.4, 0.5) is 10.1 Å². The zero-order chi connectivity index (χ0) is 19.8. The Hall–Kier alpha value is -3.13. The van der Waals surface area contributed by atoms with Gasteiger partial charge in [-0.1, -0.05) is 0 Å². The van der Waals surface area contributed by atoms with Crippen LogP contribution in [0, 0.1) is 5.82 Å². The summed E-state index contributed by atoms with van der Waals surface area (Å²) in [5.41, 5.74) is -1.74. The fraction of sp³-hybridized carbons (Fsp3) is 0.263. The van der Waals surface area contributed by atoms with Crippen molar-refractivity contribution in [2.75, 3.05) is 26.6 Å². The van der Waals surface area contributed by atoms with E-state index in [1.807, 2.05) is 0 Å². The highest BCUT2D eigenvalue weighted by Crippen LogP contribution is 2.42. The van der Waals surface area contributed by atoms with Gasteiger partial charge in [-0.25, -0.2) is 4.39 Å². The van der Waals surface area contributed by atoms with Crippen LogP contribution < -0.4 is 19.5 Å². The lowest BCUT2D eigenvalue weighted by Crippen LogP contribution is -2.36. The number of fused-ring (bicyclic) bond motifs is 1. The van der Waals surface area contributed by atoms with Crippen molar-refractivity contribution >= 4 is 17.4 Å². The van der Waals surface area contributed by atoms with E-state index >= 15 is 0 Å². The molecule has 0 saturated carbocycles. The fourth-order valence-corrected chi connectivity index (χ4v) is 3.07. The van der Waals surface area contributed by atoms with Gasteiger partial charge in [0.25, 0.3) is 5.91 Å². The van der Waals surface area contributed by atoms with E-state index in [0.717, 1.165) is 12.1 Å². The second-order valence-corrected chi connectivity index (χ2v) is 6.02. The van der Waals surface area contributed by atoms with Crippen LogP contribution in [0.1, 0.15) is 22.3 Å². The van der Waals surface area contributed by atoms with Gasteiger partial charge in [-0.2, -0.15) is 0 Å². The van der Waals surface area contributed by atoms with E-state index in [0.29, 0.717) is 5.75 Å². The Morgan fingerprint density at radius 3 is 2.30 bits per heavy atom. The van der Waals surface area contributed by atoms with E-state index in [1.165, 1.54) is 39.5 Å². The summed E-state index contributed by atoms with van der Waals surface area (Å²) in [5, 5.41) is 13.3. The first kappa shape index (κ1) is 18.7. The molecule has 2 aromatic rings. The number of hydrogen-bond donors (Lipinski definition) is 2. The summed E-state index contributed by atoms with van der Waals surface area (Å²) in [4.78, 5) is 25.1. The summed E-state index contributed by atoms with van der Waals surface area (Å²) in [6.45, 7) is 0. The number of hydrogen-bond acceptors (Lipinski definition) is 6. The molecule has 142 valence electrons. The molecular formula is C19H18FNO6. The predicted molar refractivity (Wildman–Crippen MR) is 94.0 cm³/mol. The highest BCUT2D eigenvalue weighted by atomic mass is 19.1. The monoisotopic (exact) mass is 375 g/mol. The number of Topliss-reactive ketones (excluding diaryl/α,β-unsaturated/α-hetero) is 1. The van der Waals surface area contributed by atoms with E-state index in [-0.39, 0.29) is 28.3 Å². The summed E-state index contributed by atoms with van der Waals surface area (Å²) in [5.74, 6) is -1.14. The molecule has 0 spiro atoms. The Labute approximate surface area is 154 Å². The lowest BCUT2D eigenvalue weighted by atomic mass is 9.88. The minimum absolute atomic E-state index is 0.0216. The van der Waals surface area contributed by atoms with Gasteiger partial charge in [-0.3, -0.25) is 9.59 Å². The molecule has 0 radical (unpaired) electrons. The van der Waals surface area contributed by atoms with Crippen LogP contribution in [0.2, 0.25) is 0 Å². The Kier molecular flexibility index (Phi) is 4.75. The normalized spacial score (nSPS) is 17.9. The number of anilines is 1. The van der Waals surface area contributed by atoms with Gasteiger partial charge in [-0.15, -0.1) is 0 Å². The number of ether oxygens (including phenoxy) is 3. The molecule has 7 nitrogen and oxygen atoms in total. The Balaban J connectivity index is 1.99. The number of rotatable bonds is 6. The Morgan fingerprint density at radius 2 is 1.74 bits per heavy atom. The van der Waals surface area contributed by atoms with Crippen molar-refractivity contribution < 1.29 is 33.3 Å². The van der Waals surface area contributed by atoms with Gasteiger partial charge in [0, 0.05) is 16.8 Å².